The van der Waals surface area contributed by atoms with Gasteiger partial charge in [0, 0.05) is 37.7 Å². The van der Waals surface area contributed by atoms with Crippen LogP contribution in [0, 0.1) is 6.92 Å². The van der Waals surface area contributed by atoms with Crippen LogP contribution in [0.25, 0.3) is 21.3 Å². The Labute approximate surface area is 180 Å². The maximum Gasteiger partial charge on any atom is 0.225 e. The van der Waals surface area contributed by atoms with Gasteiger partial charge in [-0.05, 0) is 43.1 Å². The predicted octanol–water partition coefficient (Wildman–Crippen LogP) is 4.82. The maximum atomic E-state index is 6.28. The topological polar surface area (TPSA) is 56.7 Å². The highest BCUT2D eigenvalue weighted by Crippen LogP contribution is 2.42. The molecule has 0 atom stereocenters. The van der Waals surface area contributed by atoms with Gasteiger partial charge in [0.25, 0.3) is 0 Å². The number of fused-ring (bicyclic) bond motifs is 1. The van der Waals surface area contributed by atoms with E-state index in [0.717, 1.165) is 32.9 Å². The van der Waals surface area contributed by atoms with Crippen molar-refractivity contribution >= 4 is 39.0 Å². The molecule has 0 amide bonds. The summed E-state index contributed by atoms with van der Waals surface area (Å²) in [6, 6.07) is 8.14. The molecule has 29 heavy (non-hydrogen) atoms. The molecule has 3 rings (SSSR count). The number of aromatic nitrogens is 2. The Morgan fingerprint density at radius 2 is 1.69 bits per heavy atom. The highest BCUT2D eigenvalue weighted by molar-refractivity contribution is 7.19. The summed E-state index contributed by atoms with van der Waals surface area (Å²) in [6.45, 7) is 7.24. The lowest BCUT2D eigenvalue weighted by molar-refractivity contribution is 0.190. The number of methoxy groups -OCH3 is 2. The molecule has 0 spiro atoms. The monoisotopic (exact) mass is 435 g/mol. The van der Waals surface area contributed by atoms with Crippen LogP contribution in [0.1, 0.15) is 11.8 Å². The van der Waals surface area contributed by atoms with Gasteiger partial charge in [0.1, 0.15) is 16.4 Å². The molecule has 1 aromatic carbocycles. The van der Waals surface area contributed by atoms with Crippen molar-refractivity contribution in [2.24, 2.45) is 0 Å². The minimum absolute atomic E-state index is 0.242. The molecule has 0 N–H and O–H groups in total. The Hall–Kier alpha value is -1.93. The van der Waals surface area contributed by atoms with Gasteiger partial charge >= 0.3 is 0 Å². The molecule has 2 heterocycles. The maximum absolute atomic E-state index is 6.28. The Bertz CT molecular complexity index is 938. The van der Waals surface area contributed by atoms with Crippen molar-refractivity contribution < 1.29 is 14.2 Å². The van der Waals surface area contributed by atoms with E-state index in [1.807, 2.05) is 19.1 Å². The van der Waals surface area contributed by atoms with Gasteiger partial charge in [-0.3, -0.25) is 0 Å². The second-order valence-electron chi connectivity index (χ2n) is 6.46. The Morgan fingerprint density at radius 1 is 1.03 bits per heavy atom. The van der Waals surface area contributed by atoms with E-state index in [1.54, 1.807) is 25.6 Å². The number of anilines is 1. The van der Waals surface area contributed by atoms with Crippen LogP contribution in [0.4, 0.5) is 5.82 Å². The lowest BCUT2D eigenvalue weighted by Gasteiger charge is -2.24. The van der Waals surface area contributed by atoms with Crippen molar-refractivity contribution in [3.63, 3.8) is 0 Å². The first kappa shape index (κ1) is 21.8. The van der Waals surface area contributed by atoms with Crippen LogP contribution in [0.5, 0.6) is 5.75 Å². The summed E-state index contributed by atoms with van der Waals surface area (Å²) in [5, 5.41) is 1.25. The van der Waals surface area contributed by atoms with Gasteiger partial charge in [-0.15, -0.1) is 11.3 Å². The lowest BCUT2D eigenvalue weighted by Crippen LogP contribution is -2.31. The van der Waals surface area contributed by atoms with Gasteiger partial charge in [-0.25, -0.2) is 4.98 Å². The zero-order chi connectivity index (χ0) is 20.8. The van der Waals surface area contributed by atoms with Gasteiger partial charge in [-0.1, -0.05) is 12.1 Å². The van der Waals surface area contributed by atoms with Crippen molar-refractivity contribution in [3.8, 4) is 16.9 Å². The van der Waals surface area contributed by atoms with E-state index >= 15 is 0 Å². The molecule has 0 unspecified atom stereocenters. The summed E-state index contributed by atoms with van der Waals surface area (Å²) < 4.78 is 16.2. The highest BCUT2D eigenvalue weighted by atomic mass is 35.5. The molecule has 156 valence electrons. The van der Waals surface area contributed by atoms with E-state index in [9.17, 15) is 0 Å². The third-order valence-corrected chi connectivity index (χ3v) is 5.73. The fourth-order valence-electron chi connectivity index (χ4n) is 3.26. The molecule has 0 bridgehead atoms. The Kier molecular flexibility index (Phi) is 7.66. The molecule has 6 nitrogen and oxygen atoms in total. The summed E-state index contributed by atoms with van der Waals surface area (Å²) in [5.74, 6) is 1.66. The lowest BCUT2D eigenvalue weighted by atomic mass is 10.0. The number of aryl methyl sites for hydroxylation is 1. The minimum atomic E-state index is 0.242. The van der Waals surface area contributed by atoms with E-state index in [4.69, 9.17) is 25.8 Å². The molecule has 8 heteroatoms. The number of ether oxygens (including phenoxy) is 3. The molecular weight excluding hydrogens is 410 g/mol. The largest absolute Gasteiger partial charge is 0.494 e. The molecule has 0 radical (unpaired) electrons. The molecule has 0 saturated heterocycles. The average molecular weight is 436 g/mol. The molecule has 0 aliphatic heterocycles. The highest BCUT2D eigenvalue weighted by Gasteiger charge is 2.22. The van der Waals surface area contributed by atoms with Crippen LogP contribution in [0.3, 0.4) is 0 Å². The van der Waals surface area contributed by atoms with Crippen molar-refractivity contribution in [3.05, 3.63) is 34.4 Å². The van der Waals surface area contributed by atoms with Crippen LogP contribution < -0.4 is 9.64 Å². The second kappa shape index (κ2) is 10.2. The van der Waals surface area contributed by atoms with Crippen molar-refractivity contribution in [2.75, 3.05) is 52.0 Å². The summed E-state index contributed by atoms with van der Waals surface area (Å²) >= 11 is 7.90. The zero-order valence-electron chi connectivity index (χ0n) is 17.2. The standard InChI is InChI=1S/C21H26ClN3O3S/c1-5-28-16-8-6-15(7-9-16)17-14(2)29-20-18(17)19(23-21(22)24-20)25(10-12-26-3)11-13-27-4/h6-9H,5,10-13H2,1-4H3. The molecule has 0 fully saturated rings. The molecule has 2 aromatic heterocycles. The summed E-state index contributed by atoms with van der Waals surface area (Å²) in [4.78, 5) is 13.3. The number of nitrogens with zero attached hydrogens (tertiary/aromatic N) is 3. The number of benzene rings is 1. The molecular formula is C21H26ClN3O3S. The second-order valence-corrected chi connectivity index (χ2v) is 8.00. The van der Waals surface area contributed by atoms with Crippen molar-refractivity contribution in [1.29, 1.82) is 0 Å². The van der Waals surface area contributed by atoms with Crippen LogP contribution in [-0.2, 0) is 9.47 Å². The van der Waals surface area contributed by atoms with E-state index in [0.29, 0.717) is 32.9 Å². The average Bonchev–Trinajstić information content (AvgIpc) is 3.04. The van der Waals surface area contributed by atoms with Crippen molar-refractivity contribution in [1.82, 2.24) is 9.97 Å². The van der Waals surface area contributed by atoms with Gasteiger partial charge < -0.3 is 19.1 Å². The van der Waals surface area contributed by atoms with E-state index < -0.39 is 0 Å². The molecule has 0 aliphatic carbocycles. The first-order valence-corrected chi connectivity index (χ1v) is 10.7. The van der Waals surface area contributed by atoms with E-state index in [1.165, 1.54) is 4.88 Å². The van der Waals surface area contributed by atoms with Gasteiger partial charge in [0.2, 0.25) is 5.28 Å². The SMILES string of the molecule is CCOc1ccc(-c2c(C)sc3nc(Cl)nc(N(CCOC)CCOC)c23)cc1. The van der Waals surface area contributed by atoms with Crippen LogP contribution in [0.15, 0.2) is 24.3 Å². The van der Waals surface area contributed by atoms with E-state index in [2.05, 4.69) is 33.9 Å². The Balaban J connectivity index is 2.14. The Morgan fingerprint density at radius 3 is 2.28 bits per heavy atom. The number of hydrogen-bond acceptors (Lipinski definition) is 7. The summed E-state index contributed by atoms with van der Waals surface area (Å²) in [6.07, 6.45) is 0. The number of rotatable bonds is 10. The molecule has 3 aromatic rings. The first-order chi connectivity index (χ1) is 14.1. The summed E-state index contributed by atoms with van der Waals surface area (Å²) in [5.41, 5.74) is 2.22. The fraction of sp³-hybridized carbons (Fsp3) is 0.429. The normalized spacial score (nSPS) is 11.2. The van der Waals surface area contributed by atoms with E-state index in [-0.39, 0.29) is 5.28 Å². The van der Waals surface area contributed by atoms with Gasteiger partial charge in [0.15, 0.2) is 0 Å². The third-order valence-electron chi connectivity index (χ3n) is 4.57. The van der Waals surface area contributed by atoms with Crippen molar-refractivity contribution in [2.45, 2.75) is 13.8 Å². The third kappa shape index (κ3) is 4.98. The number of hydrogen-bond donors (Lipinski definition) is 0. The fourth-order valence-corrected chi connectivity index (χ4v) is 4.51. The smallest absolute Gasteiger partial charge is 0.225 e. The van der Waals surface area contributed by atoms with Gasteiger partial charge in [-0.2, -0.15) is 4.98 Å². The van der Waals surface area contributed by atoms with Crippen LogP contribution in [-0.4, -0.2) is 57.1 Å². The minimum Gasteiger partial charge on any atom is -0.494 e. The summed E-state index contributed by atoms with van der Waals surface area (Å²) in [7, 11) is 3.38. The molecule has 0 saturated carbocycles. The van der Waals surface area contributed by atoms with Gasteiger partial charge in [0.05, 0.1) is 25.2 Å². The van der Waals surface area contributed by atoms with Crippen LogP contribution in [0.2, 0.25) is 5.28 Å². The van der Waals surface area contributed by atoms with Crippen LogP contribution >= 0.6 is 22.9 Å². The molecule has 0 aliphatic rings. The first-order valence-electron chi connectivity index (χ1n) is 9.51. The quantitative estimate of drug-likeness (QED) is 0.425. The predicted molar refractivity (Wildman–Crippen MR) is 120 cm³/mol. The number of halogens is 1. The zero-order valence-corrected chi connectivity index (χ0v) is 18.8. The number of thiophene rings is 1.